The van der Waals surface area contributed by atoms with Gasteiger partial charge in [0.25, 0.3) is 5.56 Å². The predicted molar refractivity (Wildman–Crippen MR) is 75.1 cm³/mol. The molecule has 0 aromatic carbocycles. The summed E-state index contributed by atoms with van der Waals surface area (Å²) in [6, 6.07) is 2.61. The fourth-order valence-corrected chi connectivity index (χ4v) is 3.70. The quantitative estimate of drug-likeness (QED) is 0.906. The van der Waals surface area contributed by atoms with E-state index in [2.05, 4.69) is 9.71 Å². The minimum atomic E-state index is -3.72. The van der Waals surface area contributed by atoms with Crippen LogP contribution in [0.15, 0.2) is 38.8 Å². The lowest BCUT2D eigenvalue weighted by Crippen LogP contribution is -2.27. The molecule has 2 heterocycles. The summed E-state index contributed by atoms with van der Waals surface area (Å²) in [5, 5.41) is 3.58. The Hall–Kier alpha value is -1.15. The molecule has 0 saturated carbocycles. The number of aromatic amines is 1. The van der Waals surface area contributed by atoms with Crippen LogP contribution in [0, 0.1) is 0 Å². The van der Waals surface area contributed by atoms with E-state index in [1.165, 1.54) is 11.3 Å². The van der Waals surface area contributed by atoms with Gasteiger partial charge in [-0.1, -0.05) is 11.6 Å². The smallest absolute Gasteiger partial charge is 0.266 e. The monoisotopic (exact) mass is 318 g/mol. The Morgan fingerprint density at radius 2 is 2.21 bits per heavy atom. The standard InChI is InChI=1S/C11H11ClN2O3S2/c1-7(8-2-3-18-6-8)14-19(16,17)9-4-10(12)11(15)13-5-9/h2-7,14H,1H3,(H,13,15). The zero-order chi connectivity index (χ0) is 14.0. The van der Waals surface area contributed by atoms with Crippen molar-refractivity contribution in [3.63, 3.8) is 0 Å². The van der Waals surface area contributed by atoms with Crippen LogP contribution >= 0.6 is 22.9 Å². The Bertz CT molecular complexity index is 723. The van der Waals surface area contributed by atoms with Gasteiger partial charge in [-0.2, -0.15) is 11.3 Å². The van der Waals surface area contributed by atoms with Crippen molar-refractivity contribution in [3.05, 3.63) is 50.0 Å². The summed E-state index contributed by atoms with van der Waals surface area (Å²) in [7, 11) is -3.72. The van der Waals surface area contributed by atoms with Gasteiger partial charge in [0.1, 0.15) is 5.02 Å². The molecule has 2 aromatic heterocycles. The zero-order valence-corrected chi connectivity index (χ0v) is 12.3. The van der Waals surface area contributed by atoms with E-state index in [0.29, 0.717) is 0 Å². The molecule has 0 aliphatic heterocycles. The maximum Gasteiger partial charge on any atom is 0.266 e. The van der Waals surface area contributed by atoms with Crippen LogP contribution in [0.25, 0.3) is 0 Å². The van der Waals surface area contributed by atoms with Gasteiger partial charge in [0.2, 0.25) is 10.0 Å². The number of halogens is 1. The van der Waals surface area contributed by atoms with Gasteiger partial charge in [-0.05, 0) is 35.4 Å². The maximum atomic E-state index is 12.1. The van der Waals surface area contributed by atoms with Crippen molar-refractivity contribution in [1.82, 2.24) is 9.71 Å². The topological polar surface area (TPSA) is 79.0 Å². The van der Waals surface area contributed by atoms with Crippen molar-refractivity contribution in [3.8, 4) is 0 Å². The summed E-state index contributed by atoms with van der Waals surface area (Å²) < 4.78 is 26.7. The summed E-state index contributed by atoms with van der Waals surface area (Å²) in [4.78, 5) is 13.3. The molecule has 0 saturated heterocycles. The van der Waals surface area contributed by atoms with E-state index in [4.69, 9.17) is 11.6 Å². The lowest BCUT2D eigenvalue weighted by atomic mass is 10.2. The Labute approximate surface area is 119 Å². The van der Waals surface area contributed by atoms with Crippen LogP contribution in [0.1, 0.15) is 18.5 Å². The number of thiophene rings is 1. The molecule has 0 radical (unpaired) electrons. The summed E-state index contributed by atoms with van der Waals surface area (Å²) in [5.41, 5.74) is 0.357. The van der Waals surface area contributed by atoms with E-state index in [1.807, 2.05) is 16.8 Å². The fraction of sp³-hybridized carbons (Fsp3) is 0.182. The van der Waals surface area contributed by atoms with Crippen molar-refractivity contribution in [2.24, 2.45) is 0 Å². The van der Waals surface area contributed by atoms with Crippen LogP contribution in [-0.2, 0) is 10.0 Å². The first-order valence-corrected chi connectivity index (χ1v) is 8.13. The van der Waals surface area contributed by atoms with Crippen LogP contribution in [-0.4, -0.2) is 13.4 Å². The Morgan fingerprint density at radius 1 is 1.47 bits per heavy atom. The number of sulfonamides is 1. The van der Waals surface area contributed by atoms with Gasteiger partial charge in [0.05, 0.1) is 4.90 Å². The lowest BCUT2D eigenvalue weighted by Gasteiger charge is -2.13. The lowest BCUT2D eigenvalue weighted by molar-refractivity contribution is 0.566. The number of hydrogen-bond donors (Lipinski definition) is 2. The highest BCUT2D eigenvalue weighted by Crippen LogP contribution is 2.19. The molecule has 0 aliphatic carbocycles. The van der Waals surface area contributed by atoms with E-state index in [0.717, 1.165) is 17.8 Å². The molecular formula is C11H11ClN2O3S2. The number of H-pyrrole nitrogens is 1. The van der Waals surface area contributed by atoms with Gasteiger partial charge in [-0.3, -0.25) is 4.79 Å². The van der Waals surface area contributed by atoms with Gasteiger partial charge >= 0.3 is 0 Å². The molecule has 0 amide bonds. The first-order chi connectivity index (χ1) is 8.90. The van der Waals surface area contributed by atoms with E-state index in [-0.39, 0.29) is 16.0 Å². The molecule has 0 aliphatic rings. The average molecular weight is 319 g/mol. The van der Waals surface area contributed by atoms with Crippen LogP contribution < -0.4 is 10.3 Å². The maximum absolute atomic E-state index is 12.1. The van der Waals surface area contributed by atoms with Crippen LogP contribution in [0.5, 0.6) is 0 Å². The summed E-state index contributed by atoms with van der Waals surface area (Å²) >= 11 is 7.11. The highest BCUT2D eigenvalue weighted by molar-refractivity contribution is 7.89. The second-order valence-electron chi connectivity index (χ2n) is 3.91. The average Bonchev–Trinajstić information content (AvgIpc) is 2.85. The van der Waals surface area contributed by atoms with E-state index in [1.54, 1.807) is 6.92 Å². The SMILES string of the molecule is CC(NS(=O)(=O)c1c[nH]c(=O)c(Cl)c1)c1ccsc1. The predicted octanol–water partition coefficient (Wildman–Crippen LogP) is 2.13. The Kier molecular flexibility index (Phi) is 4.10. The summed E-state index contributed by atoms with van der Waals surface area (Å²) in [6.45, 7) is 1.74. The van der Waals surface area contributed by atoms with Crippen molar-refractivity contribution < 1.29 is 8.42 Å². The third kappa shape index (κ3) is 3.24. The molecule has 8 heteroatoms. The number of rotatable bonds is 4. The molecule has 1 atom stereocenters. The molecule has 102 valence electrons. The van der Waals surface area contributed by atoms with Crippen molar-refractivity contribution in [1.29, 1.82) is 0 Å². The fourth-order valence-electron chi connectivity index (χ4n) is 1.48. The van der Waals surface area contributed by atoms with Crippen LogP contribution in [0.4, 0.5) is 0 Å². The summed E-state index contributed by atoms with van der Waals surface area (Å²) in [5.74, 6) is 0. The number of nitrogens with one attached hydrogen (secondary N) is 2. The second-order valence-corrected chi connectivity index (χ2v) is 6.81. The normalized spacial score (nSPS) is 13.4. The van der Waals surface area contributed by atoms with Crippen LogP contribution in [0.2, 0.25) is 5.02 Å². The Morgan fingerprint density at radius 3 is 2.79 bits per heavy atom. The van der Waals surface area contributed by atoms with Crippen molar-refractivity contribution in [2.75, 3.05) is 0 Å². The molecule has 19 heavy (non-hydrogen) atoms. The van der Waals surface area contributed by atoms with Crippen molar-refractivity contribution in [2.45, 2.75) is 17.9 Å². The zero-order valence-electron chi connectivity index (χ0n) is 9.88. The second kappa shape index (κ2) is 5.46. The molecule has 2 N–H and O–H groups in total. The van der Waals surface area contributed by atoms with E-state index in [9.17, 15) is 13.2 Å². The van der Waals surface area contributed by atoms with Gasteiger partial charge in [0.15, 0.2) is 0 Å². The largest absolute Gasteiger partial charge is 0.326 e. The molecule has 0 bridgehead atoms. The molecule has 1 unspecified atom stereocenters. The highest BCUT2D eigenvalue weighted by Gasteiger charge is 2.19. The Balaban J connectivity index is 2.27. The number of aromatic nitrogens is 1. The molecule has 2 rings (SSSR count). The van der Waals surface area contributed by atoms with Crippen molar-refractivity contribution >= 4 is 33.0 Å². The third-order valence-corrected chi connectivity index (χ3v) is 5.02. The van der Waals surface area contributed by atoms with E-state index < -0.39 is 15.6 Å². The molecule has 0 spiro atoms. The molecule has 5 nitrogen and oxygen atoms in total. The molecule has 0 fully saturated rings. The van der Waals surface area contributed by atoms with Gasteiger partial charge < -0.3 is 4.98 Å². The van der Waals surface area contributed by atoms with Gasteiger partial charge in [-0.25, -0.2) is 13.1 Å². The van der Waals surface area contributed by atoms with Crippen LogP contribution in [0.3, 0.4) is 0 Å². The minimum Gasteiger partial charge on any atom is -0.326 e. The molecule has 2 aromatic rings. The van der Waals surface area contributed by atoms with Gasteiger partial charge in [0, 0.05) is 12.2 Å². The first-order valence-electron chi connectivity index (χ1n) is 5.33. The first kappa shape index (κ1) is 14.3. The van der Waals surface area contributed by atoms with Gasteiger partial charge in [-0.15, -0.1) is 0 Å². The number of pyridine rings is 1. The van der Waals surface area contributed by atoms with E-state index >= 15 is 0 Å². The third-order valence-electron chi connectivity index (χ3n) is 2.52. The summed E-state index contributed by atoms with van der Waals surface area (Å²) in [6.07, 6.45) is 1.12. The molecular weight excluding hydrogens is 308 g/mol. The highest BCUT2D eigenvalue weighted by atomic mass is 35.5. The minimum absolute atomic E-state index is 0.0702. The number of hydrogen-bond acceptors (Lipinski definition) is 4.